The molecular weight excluding hydrogens is 408 g/mol. The second kappa shape index (κ2) is 20.4. The van der Waals surface area contributed by atoms with Crippen molar-refractivity contribution < 1.29 is 0 Å². The van der Waals surface area contributed by atoms with Gasteiger partial charge in [-0.15, -0.1) is 0 Å². The van der Waals surface area contributed by atoms with Crippen LogP contribution in [-0.2, 0) is 0 Å². The van der Waals surface area contributed by atoms with E-state index in [1.54, 1.807) is 38.5 Å². The van der Waals surface area contributed by atoms with Gasteiger partial charge in [-0.2, -0.15) is 0 Å². The Morgan fingerprint density at radius 2 is 0.765 bits per heavy atom. The highest BCUT2D eigenvalue weighted by Crippen LogP contribution is 2.58. The molecule has 1 aromatic carbocycles. The van der Waals surface area contributed by atoms with Crippen molar-refractivity contribution in [2.45, 2.75) is 147 Å². The Morgan fingerprint density at radius 3 is 0.971 bits per heavy atom. The van der Waals surface area contributed by atoms with Gasteiger partial charge < -0.3 is 0 Å². The number of rotatable bonds is 4. The van der Waals surface area contributed by atoms with E-state index in [4.69, 9.17) is 0 Å². The quantitative estimate of drug-likeness (QED) is 0.407. The minimum absolute atomic E-state index is 0.583. The molecule has 0 saturated heterocycles. The molecule has 0 aliphatic heterocycles. The van der Waals surface area contributed by atoms with Gasteiger partial charge in [0.25, 0.3) is 0 Å². The molecular formula is C34H66. The third-order valence-corrected chi connectivity index (χ3v) is 8.84. The first-order valence-electron chi connectivity index (χ1n) is 15.2. The topological polar surface area (TPSA) is 0 Å². The second-order valence-corrected chi connectivity index (χ2v) is 11.5. The van der Waals surface area contributed by atoms with Crippen molar-refractivity contribution in [2.24, 2.45) is 34.5 Å². The van der Waals surface area contributed by atoms with Gasteiger partial charge >= 0.3 is 0 Å². The molecule has 3 aliphatic carbocycles. The van der Waals surface area contributed by atoms with Crippen LogP contribution in [0.4, 0.5) is 0 Å². The zero-order valence-electron chi connectivity index (χ0n) is 25.8. The first kappa shape index (κ1) is 35.4. The first-order chi connectivity index (χ1) is 16.2. The van der Waals surface area contributed by atoms with E-state index < -0.39 is 0 Å². The Hall–Kier alpha value is -0.780. The summed E-state index contributed by atoms with van der Waals surface area (Å²) in [6.07, 6.45) is 14.7. The average Bonchev–Trinajstić information content (AvgIpc) is 3.65. The zero-order valence-corrected chi connectivity index (χ0v) is 25.8. The van der Waals surface area contributed by atoms with Crippen LogP contribution in [0, 0.1) is 34.5 Å². The molecule has 0 radical (unpaired) electrons. The van der Waals surface area contributed by atoms with E-state index in [0.717, 1.165) is 0 Å². The summed E-state index contributed by atoms with van der Waals surface area (Å²) in [7, 11) is 0. The van der Waals surface area contributed by atoms with Crippen LogP contribution in [0.5, 0.6) is 0 Å². The minimum atomic E-state index is 0.583. The van der Waals surface area contributed by atoms with E-state index in [1.165, 1.54) is 49.4 Å². The van der Waals surface area contributed by atoms with Crippen LogP contribution in [0.2, 0.25) is 0 Å². The Morgan fingerprint density at radius 1 is 0.500 bits per heavy atom. The lowest BCUT2D eigenvalue weighted by molar-refractivity contribution is 0.259. The first-order valence-corrected chi connectivity index (χ1v) is 15.2. The van der Waals surface area contributed by atoms with Crippen LogP contribution in [-0.4, -0.2) is 0 Å². The van der Waals surface area contributed by atoms with Crippen LogP contribution in [0.15, 0.2) is 36.4 Å². The lowest BCUT2D eigenvalue weighted by Crippen LogP contribution is -2.15. The molecule has 0 N–H and O–H groups in total. The Bertz CT molecular complexity index is 456. The van der Waals surface area contributed by atoms with Crippen molar-refractivity contribution in [2.75, 3.05) is 0 Å². The minimum Gasteiger partial charge on any atom is -0.0683 e. The maximum atomic E-state index is 2.30. The molecule has 3 fully saturated rings. The molecule has 4 unspecified atom stereocenters. The Kier molecular flexibility index (Phi) is 21.2. The molecule has 0 nitrogen and oxygen atoms in total. The van der Waals surface area contributed by atoms with Crippen LogP contribution in [0.3, 0.4) is 0 Å². The smallest absolute Gasteiger partial charge is 0.0355 e. The fourth-order valence-corrected chi connectivity index (χ4v) is 4.90. The normalized spacial score (nSPS) is 23.6. The molecule has 0 aromatic heterocycles. The fraction of sp³-hybridized carbons (Fsp3) is 0.824. The van der Waals surface area contributed by atoms with Gasteiger partial charge in [0.2, 0.25) is 0 Å². The third kappa shape index (κ3) is 14.6. The maximum Gasteiger partial charge on any atom is -0.0355 e. The van der Waals surface area contributed by atoms with Gasteiger partial charge in [-0.3, -0.25) is 0 Å². The number of hydrogen-bond donors (Lipinski definition) is 0. The largest absolute Gasteiger partial charge is 0.0683 e. The third-order valence-electron chi connectivity index (χ3n) is 8.84. The van der Waals surface area contributed by atoms with Crippen LogP contribution >= 0.6 is 0 Å². The molecule has 2 bridgehead atoms. The van der Waals surface area contributed by atoms with Crippen molar-refractivity contribution in [1.29, 1.82) is 0 Å². The Labute approximate surface area is 218 Å². The van der Waals surface area contributed by atoms with E-state index in [-0.39, 0.29) is 0 Å². The predicted molar refractivity (Wildman–Crippen MR) is 160 cm³/mol. The molecule has 202 valence electrons. The van der Waals surface area contributed by atoms with Crippen LogP contribution in [0.25, 0.3) is 0 Å². The van der Waals surface area contributed by atoms with Crippen LogP contribution in [0.1, 0.15) is 147 Å². The number of fused-ring (bicyclic) bond motifs is 5. The predicted octanol–water partition coefficient (Wildman–Crippen LogP) is 12.2. The van der Waals surface area contributed by atoms with E-state index in [0.29, 0.717) is 10.8 Å². The maximum absolute atomic E-state index is 2.30. The molecule has 3 saturated carbocycles. The summed E-state index contributed by atoms with van der Waals surface area (Å²) < 4.78 is 0. The standard InChI is InChI=1S/C10H16.2C7H16.C6H6.2C2H6/c1-2-9-7-4-5-8(6-7)10(9)3-1;2*1-5-7(3,4)6-2;1-2-4-6-5-3-1;2*1-2/h7-10H,1-6H2;2*5-6H2,1-4H3;1-6H;2*1-2H3. The summed E-state index contributed by atoms with van der Waals surface area (Å²) in [6, 6.07) is 12.0. The van der Waals surface area contributed by atoms with E-state index in [9.17, 15) is 0 Å². The van der Waals surface area contributed by atoms with Crippen molar-refractivity contribution in [1.82, 2.24) is 0 Å². The van der Waals surface area contributed by atoms with Crippen molar-refractivity contribution in [3.05, 3.63) is 36.4 Å². The summed E-state index contributed by atoms with van der Waals surface area (Å²) in [5, 5.41) is 0. The van der Waals surface area contributed by atoms with Gasteiger partial charge in [-0.1, -0.05) is 152 Å². The summed E-state index contributed by atoms with van der Waals surface area (Å²) in [6.45, 7) is 26.2. The molecule has 4 rings (SSSR count). The van der Waals surface area contributed by atoms with E-state index in [2.05, 4.69) is 55.4 Å². The second-order valence-electron chi connectivity index (χ2n) is 11.5. The zero-order chi connectivity index (χ0) is 26.6. The molecule has 0 heterocycles. The summed E-state index contributed by atoms with van der Waals surface area (Å²) in [5.74, 6) is 4.80. The lowest BCUT2D eigenvalue weighted by Gasteiger charge is -2.23. The van der Waals surface area contributed by atoms with E-state index in [1.807, 2.05) is 64.1 Å². The molecule has 0 spiro atoms. The van der Waals surface area contributed by atoms with Gasteiger partial charge in [0.15, 0.2) is 0 Å². The van der Waals surface area contributed by atoms with Crippen molar-refractivity contribution in [3.63, 3.8) is 0 Å². The average molecular weight is 475 g/mol. The SMILES string of the molecule is C1CC2C3CCC(C3)C2C1.CC.CC.CCC(C)(C)CC.CCC(C)(C)CC.c1ccccc1. The number of hydrogen-bond acceptors (Lipinski definition) is 0. The molecule has 4 atom stereocenters. The molecule has 1 aromatic rings. The molecule has 34 heavy (non-hydrogen) atoms. The molecule has 0 amide bonds. The van der Waals surface area contributed by atoms with Gasteiger partial charge in [-0.05, 0) is 66.6 Å². The summed E-state index contributed by atoms with van der Waals surface area (Å²) >= 11 is 0. The van der Waals surface area contributed by atoms with Gasteiger partial charge in [0.05, 0.1) is 0 Å². The van der Waals surface area contributed by atoms with Crippen molar-refractivity contribution >= 4 is 0 Å². The monoisotopic (exact) mass is 475 g/mol. The van der Waals surface area contributed by atoms with Gasteiger partial charge in [-0.25, -0.2) is 0 Å². The number of benzene rings is 1. The summed E-state index contributed by atoms with van der Waals surface area (Å²) in [4.78, 5) is 0. The highest BCUT2D eigenvalue weighted by atomic mass is 14.5. The van der Waals surface area contributed by atoms with Crippen LogP contribution < -0.4 is 0 Å². The Balaban J connectivity index is 0. The molecule has 0 heteroatoms. The highest BCUT2D eigenvalue weighted by Gasteiger charge is 2.48. The van der Waals surface area contributed by atoms with Crippen molar-refractivity contribution in [3.8, 4) is 0 Å². The summed E-state index contributed by atoms with van der Waals surface area (Å²) in [5.41, 5.74) is 1.17. The van der Waals surface area contributed by atoms with Gasteiger partial charge in [0, 0.05) is 0 Å². The molecule has 3 aliphatic rings. The fourth-order valence-electron chi connectivity index (χ4n) is 4.90. The highest BCUT2D eigenvalue weighted by molar-refractivity contribution is 4.99. The lowest BCUT2D eigenvalue weighted by atomic mass is 9.82. The van der Waals surface area contributed by atoms with E-state index >= 15 is 0 Å². The van der Waals surface area contributed by atoms with Gasteiger partial charge in [0.1, 0.15) is 0 Å².